The number of amides is 1. The Labute approximate surface area is 215 Å². The molecule has 36 heavy (non-hydrogen) atoms. The molecule has 4 rings (SSSR count). The van der Waals surface area contributed by atoms with Crippen molar-refractivity contribution in [3.63, 3.8) is 0 Å². The molecule has 2 aliphatic rings. The molecule has 1 aromatic heterocycles. The van der Waals surface area contributed by atoms with Gasteiger partial charge in [0.05, 0.1) is 23.0 Å². The Bertz CT molecular complexity index is 1280. The number of esters is 1. The van der Waals surface area contributed by atoms with Gasteiger partial charge in [0.15, 0.2) is 0 Å². The fourth-order valence-corrected chi connectivity index (χ4v) is 7.41. The molecule has 1 saturated heterocycles. The van der Waals surface area contributed by atoms with Crippen LogP contribution in [0.3, 0.4) is 0 Å². The topological polar surface area (TPSA) is 120 Å². The highest BCUT2D eigenvalue weighted by atomic mass is 32.2. The second kappa shape index (κ2) is 11.1. The number of carbonyl (C=O) groups excluding carboxylic acids is 2. The molecule has 11 heteroatoms. The number of hydrogen-bond acceptors (Lipinski definition) is 8. The maximum absolute atomic E-state index is 13.2. The first-order valence-electron chi connectivity index (χ1n) is 12.1. The highest BCUT2D eigenvalue weighted by Crippen LogP contribution is 2.37. The van der Waals surface area contributed by atoms with Gasteiger partial charge in [-0.1, -0.05) is 6.92 Å². The molecular formula is C25H30N4O5S2. The van der Waals surface area contributed by atoms with Gasteiger partial charge in [-0.15, -0.1) is 11.3 Å². The Morgan fingerprint density at radius 1 is 1.22 bits per heavy atom. The van der Waals surface area contributed by atoms with Crippen molar-refractivity contribution in [1.29, 1.82) is 5.26 Å². The summed E-state index contributed by atoms with van der Waals surface area (Å²) in [5.41, 5.74) is 1.81. The number of nitrogens with one attached hydrogen (secondary N) is 1. The number of rotatable bonds is 7. The minimum absolute atomic E-state index is 0.0625. The van der Waals surface area contributed by atoms with Crippen molar-refractivity contribution in [2.24, 2.45) is 5.92 Å². The number of likely N-dealkylation sites (N-methyl/N-ethyl adjacent to an activating group) is 1. The lowest BCUT2D eigenvalue weighted by molar-refractivity contribution is -0.149. The van der Waals surface area contributed by atoms with Gasteiger partial charge in [0.25, 0.3) is 5.91 Å². The maximum atomic E-state index is 13.2. The summed E-state index contributed by atoms with van der Waals surface area (Å²) in [5.74, 6) is -1.26. The summed E-state index contributed by atoms with van der Waals surface area (Å²) in [7, 11) is -3.82. The fourth-order valence-electron chi connectivity index (χ4n) is 4.65. The van der Waals surface area contributed by atoms with Gasteiger partial charge in [-0.05, 0) is 62.6 Å². The summed E-state index contributed by atoms with van der Waals surface area (Å²) in [6.07, 6.45) is 1.95. The lowest BCUT2D eigenvalue weighted by atomic mass is 10.0. The van der Waals surface area contributed by atoms with E-state index < -0.39 is 21.8 Å². The molecule has 1 fully saturated rings. The van der Waals surface area contributed by atoms with Gasteiger partial charge in [0.2, 0.25) is 10.0 Å². The SMILES string of the molecule is CCOC(=O)C1CCCN(S(=O)(=O)c2ccc(C(=O)Nc3sc4c(c3C#N)CCN(CC)C4)cc2)C1. The molecule has 2 aromatic rings. The van der Waals surface area contributed by atoms with Crippen LogP contribution in [0.15, 0.2) is 29.2 Å². The highest BCUT2D eigenvalue weighted by molar-refractivity contribution is 7.89. The minimum atomic E-state index is -3.82. The number of hydrogen-bond donors (Lipinski definition) is 1. The molecule has 1 unspecified atom stereocenters. The lowest BCUT2D eigenvalue weighted by Crippen LogP contribution is -2.42. The number of thiophene rings is 1. The molecule has 1 aromatic carbocycles. The summed E-state index contributed by atoms with van der Waals surface area (Å²) in [4.78, 5) is 28.5. The predicted octanol–water partition coefficient (Wildman–Crippen LogP) is 3.21. The van der Waals surface area contributed by atoms with E-state index >= 15 is 0 Å². The molecular weight excluding hydrogens is 500 g/mol. The van der Waals surface area contributed by atoms with Gasteiger partial charge in [-0.25, -0.2) is 8.42 Å². The molecule has 192 valence electrons. The van der Waals surface area contributed by atoms with Crippen LogP contribution in [-0.2, 0) is 32.5 Å². The van der Waals surface area contributed by atoms with Crippen molar-refractivity contribution in [2.45, 2.75) is 44.6 Å². The van der Waals surface area contributed by atoms with Crippen LogP contribution in [0.5, 0.6) is 0 Å². The molecule has 2 aliphatic heterocycles. The number of fused-ring (bicyclic) bond motifs is 1. The Hall–Kier alpha value is -2.78. The first-order chi connectivity index (χ1) is 17.3. The number of ether oxygens (including phenoxy) is 1. The maximum Gasteiger partial charge on any atom is 0.310 e. The van der Waals surface area contributed by atoms with E-state index in [1.165, 1.54) is 39.9 Å². The van der Waals surface area contributed by atoms with Crippen LogP contribution in [0.25, 0.3) is 0 Å². The summed E-state index contributed by atoms with van der Waals surface area (Å²) >= 11 is 1.42. The largest absolute Gasteiger partial charge is 0.466 e. The van der Waals surface area contributed by atoms with Crippen molar-refractivity contribution < 1.29 is 22.7 Å². The fraction of sp³-hybridized carbons (Fsp3) is 0.480. The van der Waals surface area contributed by atoms with Gasteiger partial charge >= 0.3 is 5.97 Å². The molecule has 0 aliphatic carbocycles. The number of nitriles is 1. The van der Waals surface area contributed by atoms with Crippen LogP contribution in [0.1, 0.15) is 53.1 Å². The van der Waals surface area contributed by atoms with E-state index in [2.05, 4.69) is 23.2 Å². The molecule has 1 amide bonds. The van der Waals surface area contributed by atoms with Gasteiger partial charge in [0, 0.05) is 36.6 Å². The van der Waals surface area contributed by atoms with Crippen LogP contribution in [0.2, 0.25) is 0 Å². The van der Waals surface area contributed by atoms with Crippen molar-refractivity contribution in [3.8, 4) is 6.07 Å². The van der Waals surface area contributed by atoms with E-state index in [1.807, 2.05) is 0 Å². The normalized spacial score (nSPS) is 18.8. The Kier molecular flexibility index (Phi) is 8.10. The molecule has 9 nitrogen and oxygen atoms in total. The van der Waals surface area contributed by atoms with Gasteiger partial charge in [0.1, 0.15) is 11.1 Å². The summed E-state index contributed by atoms with van der Waals surface area (Å²) in [6, 6.07) is 7.98. The number of sulfonamides is 1. The second-order valence-corrected chi connectivity index (χ2v) is 11.9. The lowest BCUT2D eigenvalue weighted by Gasteiger charge is -2.30. The number of piperidine rings is 1. The molecule has 0 radical (unpaired) electrons. The van der Waals surface area contributed by atoms with E-state index in [4.69, 9.17) is 4.74 Å². The smallest absolute Gasteiger partial charge is 0.310 e. The predicted molar refractivity (Wildman–Crippen MR) is 136 cm³/mol. The van der Waals surface area contributed by atoms with E-state index in [1.54, 1.807) is 6.92 Å². The van der Waals surface area contributed by atoms with E-state index in [-0.39, 0.29) is 24.0 Å². The van der Waals surface area contributed by atoms with E-state index in [0.29, 0.717) is 35.5 Å². The Morgan fingerprint density at radius 3 is 2.64 bits per heavy atom. The monoisotopic (exact) mass is 530 g/mol. The standard InChI is InChI=1S/C25H30N4O5S2/c1-3-28-13-11-20-21(14-26)24(35-22(20)16-28)27-23(30)17-7-9-19(10-8-17)36(32,33)29-12-5-6-18(15-29)25(31)34-4-2/h7-10,18H,3-6,11-13,15-16H2,1-2H3,(H,27,30). The minimum Gasteiger partial charge on any atom is -0.466 e. The molecule has 1 N–H and O–H groups in total. The summed E-state index contributed by atoms with van der Waals surface area (Å²) < 4.78 is 32.7. The van der Waals surface area contributed by atoms with Crippen molar-refractivity contribution >= 4 is 38.2 Å². The molecule has 3 heterocycles. The third kappa shape index (κ3) is 5.32. The van der Waals surface area contributed by atoms with Gasteiger partial charge < -0.3 is 10.1 Å². The number of nitrogens with zero attached hydrogens (tertiary/aromatic N) is 3. The quantitative estimate of drug-likeness (QED) is 0.546. The van der Waals surface area contributed by atoms with Crippen LogP contribution in [0, 0.1) is 17.2 Å². The number of anilines is 1. The van der Waals surface area contributed by atoms with Crippen molar-refractivity contribution in [1.82, 2.24) is 9.21 Å². The number of carbonyl (C=O) groups is 2. The van der Waals surface area contributed by atoms with Crippen LogP contribution >= 0.6 is 11.3 Å². The van der Waals surface area contributed by atoms with Gasteiger partial charge in [-0.2, -0.15) is 9.57 Å². The Morgan fingerprint density at radius 2 is 1.97 bits per heavy atom. The first kappa shape index (κ1) is 26.3. The Balaban J connectivity index is 1.47. The summed E-state index contributed by atoms with van der Waals surface area (Å²) in [6.45, 7) is 7.07. The van der Waals surface area contributed by atoms with E-state index in [9.17, 15) is 23.3 Å². The molecule has 0 bridgehead atoms. The third-order valence-corrected chi connectivity index (χ3v) is 9.69. The average molecular weight is 531 g/mol. The third-order valence-electron chi connectivity index (χ3n) is 6.68. The molecule has 0 spiro atoms. The number of benzene rings is 1. The first-order valence-corrected chi connectivity index (χ1v) is 14.4. The van der Waals surface area contributed by atoms with E-state index in [0.717, 1.165) is 36.5 Å². The van der Waals surface area contributed by atoms with Crippen LogP contribution in [-0.4, -0.2) is 62.3 Å². The van der Waals surface area contributed by atoms with Crippen LogP contribution < -0.4 is 5.32 Å². The second-order valence-electron chi connectivity index (χ2n) is 8.87. The van der Waals surface area contributed by atoms with Crippen molar-refractivity contribution in [2.75, 3.05) is 38.1 Å². The highest BCUT2D eigenvalue weighted by Gasteiger charge is 2.34. The molecule has 0 saturated carbocycles. The summed E-state index contributed by atoms with van der Waals surface area (Å²) in [5, 5.41) is 13.1. The van der Waals surface area contributed by atoms with Crippen molar-refractivity contribution in [3.05, 3.63) is 45.8 Å². The molecule has 1 atom stereocenters. The zero-order valence-electron chi connectivity index (χ0n) is 20.5. The van der Waals surface area contributed by atoms with Crippen LogP contribution in [0.4, 0.5) is 5.00 Å². The zero-order valence-corrected chi connectivity index (χ0v) is 22.1. The van der Waals surface area contributed by atoms with Gasteiger partial charge in [-0.3, -0.25) is 14.5 Å². The zero-order chi connectivity index (χ0) is 25.9. The average Bonchev–Trinajstić information content (AvgIpc) is 3.24.